The topological polar surface area (TPSA) is 29.9 Å². The van der Waals surface area contributed by atoms with Crippen molar-refractivity contribution in [3.63, 3.8) is 0 Å². The molecule has 0 saturated heterocycles. The molecule has 3 nitrogen and oxygen atoms in total. The molecule has 0 unspecified atom stereocenters. The zero-order valence-corrected chi connectivity index (χ0v) is 8.45. The zero-order valence-electron chi connectivity index (χ0n) is 8.45. The Kier molecular flexibility index (Phi) is 1.96. The van der Waals surface area contributed by atoms with Gasteiger partial charge in [-0.15, -0.1) is 0 Å². The molecule has 0 bridgehead atoms. The average molecular weight is 191 g/mol. The summed E-state index contributed by atoms with van der Waals surface area (Å²) in [5.41, 5.74) is 0. The smallest absolute Gasteiger partial charge is 0.124 e. The molecule has 3 rings (SSSR count). The van der Waals surface area contributed by atoms with Gasteiger partial charge in [0.1, 0.15) is 5.82 Å². The van der Waals surface area contributed by atoms with E-state index in [1.165, 1.54) is 37.9 Å². The van der Waals surface area contributed by atoms with Crippen LogP contribution in [0.25, 0.3) is 0 Å². The fourth-order valence-corrected chi connectivity index (χ4v) is 1.91. The summed E-state index contributed by atoms with van der Waals surface area (Å²) in [4.78, 5) is 0. The van der Waals surface area contributed by atoms with Gasteiger partial charge in [-0.25, -0.2) is 4.68 Å². The Bertz CT molecular complexity index is 310. The number of nitrogens with zero attached hydrogens (tertiary/aromatic N) is 2. The van der Waals surface area contributed by atoms with E-state index in [1.807, 2.05) is 6.20 Å². The number of rotatable bonds is 4. The number of hydrogen-bond acceptors (Lipinski definition) is 2. The predicted octanol–water partition coefficient (Wildman–Crippen LogP) is 2.26. The zero-order chi connectivity index (χ0) is 9.38. The Balaban J connectivity index is 1.65. The summed E-state index contributed by atoms with van der Waals surface area (Å²) in [6, 6.07) is 2.81. The molecule has 2 aliphatic rings. The highest BCUT2D eigenvalue weighted by Gasteiger charge is 2.24. The lowest BCUT2D eigenvalue weighted by Crippen LogP contribution is -2.28. The normalized spacial score (nSPS) is 22.0. The molecule has 2 aliphatic carbocycles. The summed E-state index contributed by atoms with van der Waals surface area (Å²) >= 11 is 0. The van der Waals surface area contributed by atoms with Crippen molar-refractivity contribution in [3.8, 4) is 0 Å². The maximum atomic E-state index is 4.36. The molecule has 1 aromatic rings. The van der Waals surface area contributed by atoms with Crippen molar-refractivity contribution >= 4 is 5.82 Å². The molecule has 2 saturated carbocycles. The number of anilines is 1. The molecule has 2 fully saturated rings. The molecule has 3 heteroatoms. The van der Waals surface area contributed by atoms with Crippen molar-refractivity contribution in [1.82, 2.24) is 9.78 Å². The van der Waals surface area contributed by atoms with Crippen molar-refractivity contribution in [1.29, 1.82) is 0 Å². The van der Waals surface area contributed by atoms with Crippen LogP contribution in [0.3, 0.4) is 0 Å². The van der Waals surface area contributed by atoms with Crippen molar-refractivity contribution in [2.24, 2.45) is 5.92 Å². The van der Waals surface area contributed by atoms with E-state index < -0.39 is 0 Å². The lowest BCUT2D eigenvalue weighted by Gasteiger charge is -2.27. The average Bonchev–Trinajstić information content (AvgIpc) is 2.79. The molecule has 0 aromatic carbocycles. The van der Waals surface area contributed by atoms with Crippen molar-refractivity contribution in [2.45, 2.75) is 44.7 Å². The van der Waals surface area contributed by atoms with Gasteiger partial charge in [0.25, 0.3) is 0 Å². The number of nitrogens with one attached hydrogen (secondary N) is 1. The van der Waals surface area contributed by atoms with Gasteiger partial charge in [-0.05, 0) is 38.0 Å². The van der Waals surface area contributed by atoms with Crippen LogP contribution < -0.4 is 5.32 Å². The Morgan fingerprint density at radius 3 is 2.86 bits per heavy atom. The molecular weight excluding hydrogens is 174 g/mol. The molecular formula is C11H17N3. The SMILES string of the molecule is c1cc(NC2CCC2)n(CC2CC2)n1. The summed E-state index contributed by atoms with van der Waals surface area (Å²) in [6.45, 7) is 1.11. The van der Waals surface area contributed by atoms with Crippen LogP contribution in [0.5, 0.6) is 0 Å². The highest BCUT2D eigenvalue weighted by atomic mass is 15.3. The van der Waals surface area contributed by atoms with Gasteiger partial charge in [0, 0.05) is 18.7 Å². The van der Waals surface area contributed by atoms with Crippen LogP contribution in [-0.2, 0) is 6.54 Å². The quantitative estimate of drug-likeness (QED) is 0.791. The van der Waals surface area contributed by atoms with Crippen LogP contribution in [0.4, 0.5) is 5.82 Å². The molecule has 1 N–H and O–H groups in total. The van der Waals surface area contributed by atoms with Gasteiger partial charge in [0.05, 0.1) is 6.20 Å². The minimum absolute atomic E-state index is 0.713. The van der Waals surface area contributed by atoms with E-state index in [0.29, 0.717) is 6.04 Å². The summed E-state index contributed by atoms with van der Waals surface area (Å²) < 4.78 is 2.13. The summed E-state index contributed by atoms with van der Waals surface area (Å²) in [7, 11) is 0. The molecule has 14 heavy (non-hydrogen) atoms. The van der Waals surface area contributed by atoms with E-state index in [1.54, 1.807) is 0 Å². The number of hydrogen-bond donors (Lipinski definition) is 1. The van der Waals surface area contributed by atoms with Gasteiger partial charge in [0.15, 0.2) is 0 Å². The third-order valence-electron chi connectivity index (χ3n) is 3.30. The molecule has 76 valence electrons. The molecule has 0 atom stereocenters. The van der Waals surface area contributed by atoms with E-state index in [0.717, 1.165) is 12.5 Å². The molecule has 0 amide bonds. The van der Waals surface area contributed by atoms with Crippen LogP contribution in [0.15, 0.2) is 12.3 Å². The third-order valence-corrected chi connectivity index (χ3v) is 3.30. The largest absolute Gasteiger partial charge is 0.368 e. The molecule has 0 spiro atoms. The summed E-state index contributed by atoms with van der Waals surface area (Å²) in [5, 5.41) is 7.92. The van der Waals surface area contributed by atoms with Crippen LogP contribution in [-0.4, -0.2) is 15.8 Å². The first kappa shape index (κ1) is 8.33. The van der Waals surface area contributed by atoms with Crippen LogP contribution in [0.1, 0.15) is 32.1 Å². The number of aromatic nitrogens is 2. The lowest BCUT2D eigenvalue weighted by atomic mass is 9.93. The standard InChI is InChI=1S/C11H17N3/c1-2-10(3-1)13-11-6-7-12-14(11)8-9-4-5-9/h6-7,9-10,13H,1-5,8H2. The van der Waals surface area contributed by atoms with Crippen molar-refractivity contribution < 1.29 is 0 Å². The van der Waals surface area contributed by atoms with Crippen molar-refractivity contribution in [2.75, 3.05) is 5.32 Å². The van der Waals surface area contributed by atoms with Gasteiger partial charge >= 0.3 is 0 Å². The van der Waals surface area contributed by atoms with E-state index in [-0.39, 0.29) is 0 Å². The first-order valence-electron chi connectivity index (χ1n) is 5.70. The minimum atomic E-state index is 0.713. The Morgan fingerprint density at radius 1 is 1.36 bits per heavy atom. The maximum absolute atomic E-state index is 4.36. The van der Waals surface area contributed by atoms with Gasteiger partial charge in [-0.3, -0.25) is 0 Å². The molecule has 0 radical (unpaired) electrons. The van der Waals surface area contributed by atoms with Gasteiger partial charge < -0.3 is 5.32 Å². The van der Waals surface area contributed by atoms with Crippen LogP contribution in [0, 0.1) is 5.92 Å². The lowest BCUT2D eigenvalue weighted by molar-refractivity contribution is 0.439. The second kappa shape index (κ2) is 3.30. The second-order valence-corrected chi connectivity index (χ2v) is 4.61. The third kappa shape index (κ3) is 1.63. The molecule has 1 aromatic heterocycles. The molecule has 1 heterocycles. The van der Waals surface area contributed by atoms with E-state index in [4.69, 9.17) is 0 Å². The van der Waals surface area contributed by atoms with E-state index >= 15 is 0 Å². The van der Waals surface area contributed by atoms with E-state index in [2.05, 4.69) is 21.2 Å². The Morgan fingerprint density at radius 2 is 2.21 bits per heavy atom. The van der Waals surface area contributed by atoms with Crippen molar-refractivity contribution in [3.05, 3.63) is 12.3 Å². The van der Waals surface area contributed by atoms with Gasteiger partial charge in [-0.1, -0.05) is 0 Å². The second-order valence-electron chi connectivity index (χ2n) is 4.61. The van der Waals surface area contributed by atoms with E-state index in [9.17, 15) is 0 Å². The highest BCUT2D eigenvalue weighted by molar-refractivity contribution is 5.35. The highest BCUT2D eigenvalue weighted by Crippen LogP contribution is 2.31. The fraction of sp³-hybridized carbons (Fsp3) is 0.727. The van der Waals surface area contributed by atoms with Gasteiger partial charge in [-0.2, -0.15) is 5.10 Å². The van der Waals surface area contributed by atoms with Gasteiger partial charge in [0.2, 0.25) is 0 Å². The maximum Gasteiger partial charge on any atom is 0.124 e. The van der Waals surface area contributed by atoms with Crippen LogP contribution >= 0.6 is 0 Å². The fourth-order valence-electron chi connectivity index (χ4n) is 1.91. The first-order valence-corrected chi connectivity index (χ1v) is 5.70. The Hall–Kier alpha value is -0.990. The summed E-state index contributed by atoms with van der Waals surface area (Å²) in [6.07, 6.45) is 8.73. The Labute approximate surface area is 84.5 Å². The minimum Gasteiger partial charge on any atom is -0.368 e. The molecule has 0 aliphatic heterocycles. The first-order chi connectivity index (χ1) is 6.92. The monoisotopic (exact) mass is 191 g/mol. The predicted molar refractivity (Wildman–Crippen MR) is 56.2 cm³/mol. The summed E-state index contributed by atoms with van der Waals surface area (Å²) in [5.74, 6) is 2.12. The van der Waals surface area contributed by atoms with Crippen LogP contribution in [0.2, 0.25) is 0 Å².